The van der Waals surface area contributed by atoms with Crippen LogP contribution in [0.3, 0.4) is 0 Å². The van der Waals surface area contributed by atoms with E-state index in [2.05, 4.69) is 95.4 Å². The Morgan fingerprint density at radius 2 is 1.14 bits per heavy atom. The van der Waals surface area contributed by atoms with Crippen molar-refractivity contribution in [2.24, 2.45) is 0 Å². The molecule has 0 heterocycles. The molecule has 0 fully saturated rings. The molecule has 1 atom stereocenters. The molecule has 1 aliphatic carbocycles. The first-order chi connectivity index (χ1) is 13.3. The number of allylic oxidation sites excluding steroid dienone is 6. The molecule has 0 saturated carbocycles. The van der Waals surface area contributed by atoms with E-state index in [-0.39, 0.29) is 21.7 Å². The third-order valence-corrected chi connectivity index (χ3v) is 8.96. The van der Waals surface area contributed by atoms with Crippen molar-refractivity contribution in [3.8, 4) is 0 Å². The standard InChI is InChI=1S/C16H14.C11H20Si.Ti/c1-3-9-15(10-4-1)13-7-8-14-16-11-5-2-6-12-16;1-8-7-11(4,12(5)6)10(3)9(8)2;/h1-14H;7,12H,1-6H3;/q;;+2. The first kappa shape index (κ1) is 25.4. The normalized spacial score (nSPS) is 18.7. The van der Waals surface area contributed by atoms with E-state index < -0.39 is 8.80 Å². The second kappa shape index (κ2) is 12.1. The van der Waals surface area contributed by atoms with E-state index in [4.69, 9.17) is 0 Å². The van der Waals surface area contributed by atoms with Gasteiger partial charge in [-0.15, -0.1) is 0 Å². The molecule has 1 unspecified atom stereocenters. The molecule has 2 heteroatoms. The molecule has 2 aromatic carbocycles. The minimum atomic E-state index is -0.607. The fourth-order valence-electron chi connectivity index (χ4n) is 3.43. The molecule has 0 bridgehead atoms. The second-order valence-electron chi connectivity index (χ2n) is 8.05. The molecule has 0 saturated heterocycles. The maximum atomic E-state index is 2.48. The van der Waals surface area contributed by atoms with Gasteiger partial charge in [-0.2, -0.15) is 0 Å². The zero-order valence-corrected chi connectivity index (χ0v) is 21.5. The maximum absolute atomic E-state index is 2.48. The largest absolute Gasteiger partial charge is 2.00 e. The fraction of sp³-hybridized carbons (Fsp3) is 0.259. The number of hydrogen-bond donors (Lipinski definition) is 0. The Morgan fingerprint density at radius 3 is 1.41 bits per heavy atom. The van der Waals surface area contributed by atoms with Crippen LogP contribution < -0.4 is 0 Å². The molecule has 0 aromatic heterocycles. The zero-order valence-electron chi connectivity index (χ0n) is 18.7. The predicted octanol–water partition coefficient (Wildman–Crippen LogP) is 7.94. The van der Waals surface area contributed by atoms with Gasteiger partial charge in [0.1, 0.15) is 0 Å². The topological polar surface area (TPSA) is 0 Å². The summed E-state index contributed by atoms with van der Waals surface area (Å²) in [6, 6.07) is 20.6. The van der Waals surface area contributed by atoms with Crippen LogP contribution in [-0.2, 0) is 21.7 Å². The Kier molecular flexibility index (Phi) is 10.6. The molecule has 0 nitrogen and oxygen atoms in total. The molecular weight excluding hydrogens is 400 g/mol. The minimum Gasteiger partial charge on any atom is -0.0745 e. The monoisotopic (exact) mass is 434 g/mol. The summed E-state index contributed by atoms with van der Waals surface area (Å²) in [7, 11) is -0.607. The Bertz CT molecular complexity index is 826. The van der Waals surface area contributed by atoms with Crippen LogP contribution in [0.25, 0.3) is 12.2 Å². The quantitative estimate of drug-likeness (QED) is 0.338. The van der Waals surface area contributed by atoms with Gasteiger partial charge in [0.25, 0.3) is 0 Å². The SMILES string of the molecule is C(C=Cc1ccccc1)=Cc1ccccc1.CC1=CC(C)([SiH](C)C)C(C)=C1C.[Ti+2]. The summed E-state index contributed by atoms with van der Waals surface area (Å²) >= 11 is 0. The Labute approximate surface area is 194 Å². The van der Waals surface area contributed by atoms with Crippen LogP contribution in [-0.4, -0.2) is 8.80 Å². The van der Waals surface area contributed by atoms with Crippen molar-refractivity contribution in [2.45, 2.75) is 45.8 Å². The van der Waals surface area contributed by atoms with E-state index in [1.165, 1.54) is 22.3 Å². The van der Waals surface area contributed by atoms with Crippen LogP contribution in [0.15, 0.2) is 95.6 Å². The molecule has 0 aliphatic heterocycles. The van der Waals surface area contributed by atoms with E-state index in [1.807, 2.05) is 36.4 Å². The molecule has 0 spiro atoms. The average Bonchev–Trinajstić information content (AvgIpc) is 2.91. The summed E-state index contributed by atoms with van der Waals surface area (Å²) in [6.07, 6.45) is 10.8. The molecule has 3 rings (SSSR count). The van der Waals surface area contributed by atoms with E-state index in [1.54, 1.807) is 5.57 Å². The van der Waals surface area contributed by atoms with Crippen molar-refractivity contribution in [1.82, 2.24) is 0 Å². The molecule has 2 aromatic rings. The van der Waals surface area contributed by atoms with E-state index in [0.29, 0.717) is 5.04 Å². The van der Waals surface area contributed by atoms with Crippen LogP contribution >= 0.6 is 0 Å². The fourth-order valence-corrected chi connectivity index (χ4v) is 5.09. The zero-order chi connectivity index (χ0) is 20.6. The molecule has 0 amide bonds. The van der Waals surface area contributed by atoms with Gasteiger partial charge in [-0.05, 0) is 42.5 Å². The summed E-state index contributed by atoms with van der Waals surface area (Å²) in [6.45, 7) is 14.1. The third kappa shape index (κ3) is 7.26. The van der Waals surface area contributed by atoms with Crippen molar-refractivity contribution >= 4 is 20.9 Å². The van der Waals surface area contributed by atoms with Gasteiger partial charge < -0.3 is 0 Å². The summed E-state index contributed by atoms with van der Waals surface area (Å²) < 4.78 is 0. The predicted molar refractivity (Wildman–Crippen MR) is 130 cm³/mol. The third-order valence-electron chi connectivity index (χ3n) is 5.97. The van der Waals surface area contributed by atoms with Gasteiger partial charge in [-0.25, -0.2) is 0 Å². The number of benzene rings is 2. The summed E-state index contributed by atoms with van der Waals surface area (Å²) in [4.78, 5) is 0. The van der Waals surface area contributed by atoms with Crippen molar-refractivity contribution in [1.29, 1.82) is 0 Å². The Morgan fingerprint density at radius 1 is 0.724 bits per heavy atom. The first-order valence-corrected chi connectivity index (χ1v) is 13.1. The van der Waals surface area contributed by atoms with Crippen LogP contribution in [0.1, 0.15) is 38.8 Å². The van der Waals surface area contributed by atoms with Crippen LogP contribution in [0.5, 0.6) is 0 Å². The smallest absolute Gasteiger partial charge is 0.0745 e. The number of hydrogen-bond acceptors (Lipinski definition) is 0. The van der Waals surface area contributed by atoms with Gasteiger partial charge in [0.2, 0.25) is 0 Å². The molecule has 0 radical (unpaired) electrons. The molecule has 29 heavy (non-hydrogen) atoms. The van der Waals surface area contributed by atoms with Gasteiger partial charge in [0, 0.05) is 8.80 Å². The molecule has 1 aliphatic rings. The van der Waals surface area contributed by atoms with E-state index in [0.717, 1.165) is 0 Å². The summed E-state index contributed by atoms with van der Waals surface area (Å²) in [5.74, 6) is 0. The molecular formula is C27H34SiTi+2. The van der Waals surface area contributed by atoms with Crippen molar-refractivity contribution in [2.75, 3.05) is 0 Å². The number of rotatable bonds is 4. The summed E-state index contributed by atoms with van der Waals surface area (Å²) in [5, 5.41) is 0.453. The Hall–Kier alpha value is -1.67. The van der Waals surface area contributed by atoms with Gasteiger partial charge in [0.15, 0.2) is 0 Å². The van der Waals surface area contributed by atoms with Gasteiger partial charge >= 0.3 is 21.7 Å². The molecule has 148 valence electrons. The van der Waals surface area contributed by atoms with E-state index in [9.17, 15) is 0 Å². The van der Waals surface area contributed by atoms with Crippen LogP contribution in [0.4, 0.5) is 0 Å². The van der Waals surface area contributed by atoms with Gasteiger partial charge in [-0.3, -0.25) is 0 Å². The van der Waals surface area contributed by atoms with Crippen molar-refractivity contribution in [3.05, 3.63) is 107 Å². The van der Waals surface area contributed by atoms with E-state index >= 15 is 0 Å². The summed E-state index contributed by atoms with van der Waals surface area (Å²) in [5.41, 5.74) is 7.08. The maximum Gasteiger partial charge on any atom is 2.00 e. The average molecular weight is 435 g/mol. The van der Waals surface area contributed by atoms with Crippen LogP contribution in [0.2, 0.25) is 18.1 Å². The van der Waals surface area contributed by atoms with Crippen molar-refractivity contribution in [3.63, 3.8) is 0 Å². The second-order valence-corrected chi connectivity index (χ2v) is 11.6. The van der Waals surface area contributed by atoms with Gasteiger partial charge in [0.05, 0.1) is 0 Å². The van der Waals surface area contributed by atoms with Crippen molar-refractivity contribution < 1.29 is 21.7 Å². The minimum absolute atomic E-state index is 0. The molecule has 0 N–H and O–H groups in total. The first-order valence-electron chi connectivity index (χ1n) is 10.2. The van der Waals surface area contributed by atoms with Gasteiger partial charge in [-0.1, -0.05) is 122 Å². The Balaban J connectivity index is 0.000000292. The van der Waals surface area contributed by atoms with Crippen LogP contribution in [0, 0.1) is 0 Å².